The Bertz CT molecular complexity index is 415. The number of alkyl halides is 3. The van der Waals surface area contributed by atoms with Crippen LogP contribution in [0.4, 0.5) is 13.2 Å². The second kappa shape index (κ2) is 4.74. The maximum absolute atomic E-state index is 12.5. The van der Waals surface area contributed by atoms with Crippen LogP contribution in [0.25, 0.3) is 0 Å². The van der Waals surface area contributed by atoms with E-state index in [1.54, 1.807) is 6.92 Å². The molecule has 0 bridgehead atoms. The molecule has 0 fully saturated rings. The lowest BCUT2D eigenvalue weighted by molar-refractivity contribution is -0.137. The SMILES string of the molecule is CON=C(C)c1ccc(Cl)c(C(F)(F)F)c1. The molecule has 16 heavy (non-hydrogen) atoms. The normalized spacial score (nSPS) is 12.8. The Kier molecular flexibility index (Phi) is 3.80. The van der Waals surface area contributed by atoms with Crippen molar-refractivity contribution in [1.29, 1.82) is 0 Å². The molecule has 0 amide bonds. The number of hydrogen-bond acceptors (Lipinski definition) is 2. The summed E-state index contributed by atoms with van der Waals surface area (Å²) in [5.41, 5.74) is -0.208. The van der Waals surface area contributed by atoms with Crippen molar-refractivity contribution in [2.24, 2.45) is 5.16 Å². The fraction of sp³-hybridized carbons (Fsp3) is 0.300. The van der Waals surface area contributed by atoms with E-state index in [0.29, 0.717) is 11.3 Å². The van der Waals surface area contributed by atoms with E-state index in [0.717, 1.165) is 6.07 Å². The van der Waals surface area contributed by atoms with Gasteiger partial charge in [0.1, 0.15) is 7.11 Å². The van der Waals surface area contributed by atoms with Gasteiger partial charge in [-0.15, -0.1) is 0 Å². The summed E-state index contributed by atoms with van der Waals surface area (Å²) in [4.78, 5) is 4.49. The van der Waals surface area contributed by atoms with Gasteiger partial charge in [0.2, 0.25) is 0 Å². The minimum atomic E-state index is -4.47. The van der Waals surface area contributed by atoms with Crippen LogP contribution < -0.4 is 0 Å². The minimum absolute atomic E-state index is 0.318. The van der Waals surface area contributed by atoms with Gasteiger partial charge < -0.3 is 4.84 Å². The van der Waals surface area contributed by atoms with E-state index in [1.807, 2.05) is 0 Å². The minimum Gasteiger partial charge on any atom is -0.399 e. The third-order valence-electron chi connectivity index (χ3n) is 1.92. The average Bonchev–Trinajstić information content (AvgIpc) is 2.16. The van der Waals surface area contributed by atoms with E-state index in [1.165, 1.54) is 19.2 Å². The number of hydrogen-bond donors (Lipinski definition) is 0. The van der Waals surface area contributed by atoms with Crippen molar-refractivity contribution in [1.82, 2.24) is 0 Å². The maximum atomic E-state index is 12.5. The van der Waals surface area contributed by atoms with E-state index in [2.05, 4.69) is 9.99 Å². The third-order valence-corrected chi connectivity index (χ3v) is 2.25. The lowest BCUT2D eigenvalue weighted by Gasteiger charge is -2.10. The molecule has 0 saturated carbocycles. The van der Waals surface area contributed by atoms with Crippen LogP contribution in [0, 0.1) is 0 Å². The van der Waals surface area contributed by atoms with Crippen LogP contribution in [0.3, 0.4) is 0 Å². The Hall–Kier alpha value is -1.23. The summed E-state index contributed by atoms with van der Waals surface area (Å²) in [6, 6.07) is 3.59. The van der Waals surface area contributed by atoms with Gasteiger partial charge in [-0.05, 0) is 24.6 Å². The molecule has 1 aromatic rings. The number of halogens is 4. The molecule has 6 heteroatoms. The van der Waals surface area contributed by atoms with Gasteiger partial charge in [-0.3, -0.25) is 0 Å². The molecule has 1 aromatic carbocycles. The summed E-state index contributed by atoms with van der Waals surface area (Å²) in [6.07, 6.45) is -4.47. The van der Waals surface area contributed by atoms with Gasteiger partial charge in [0.15, 0.2) is 0 Å². The summed E-state index contributed by atoms with van der Waals surface area (Å²) in [7, 11) is 1.32. The van der Waals surface area contributed by atoms with Crippen LogP contribution in [0.1, 0.15) is 18.1 Å². The molecular formula is C10H9ClF3NO. The van der Waals surface area contributed by atoms with Crippen molar-refractivity contribution in [3.8, 4) is 0 Å². The van der Waals surface area contributed by atoms with Crippen LogP contribution in [0.5, 0.6) is 0 Å². The molecule has 88 valence electrons. The first kappa shape index (κ1) is 12.8. The summed E-state index contributed by atoms with van der Waals surface area (Å²) >= 11 is 5.47. The molecule has 0 radical (unpaired) electrons. The standard InChI is InChI=1S/C10H9ClF3NO/c1-6(15-16-2)7-3-4-9(11)8(5-7)10(12,13)14/h3-5H,1-2H3. The number of benzene rings is 1. The van der Waals surface area contributed by atoms with Gasteiger partial charge in [-0.2, -0.15) is 13.2 Å². The largest absolute Gasteiger partial charge is 0.417 e. The zero-order valence-electron chi connectivity index (χ0n) is 8.60. The third kappa shape index (κ3) is 2.88. The van der Waals surface area contributed by atoms with Crippen molar-refractivity contribution in [3.63, 3.8) is 0 Å². The molecule has 0 aliphatic rings. The van der Waals surface area contributed by atoms with Gasteiger partial charge in [0, 0.05) is 0 Å². The lowest BCUT2D eigenvalue weighted by Crippen LogP contribution is -2.08. The summed E-state index contributed by atoms with van der Waals surface area (Å²) < 4.78 is 37.6. The molecule has 0 spiro atoms. The Morgan fingerprint density at radius 3 is 2.50 bits per heavy atom. The molecule has 0 aromatic heterocycles. The van der Waals surface area contributed by atoms with Crippen LogP contribution in [0.2, 0.25) is 5.02 Å². The molecule has 0 unspecified atom stereocenters. The number of nitrogens with zero attached hydrogens (tertiary/aromatic N) is 1. The molecule has 0 atom stereocenters. The predicted molar refractivity (Wildman–Crippen MR) is 55.7 cm³/mol. The second-order valence-corrected chi connectivity index (χ2v) is 3.46. The summed E-state index contributed by atoms with van der Waals surface area (Å²) in [5.74, 6) is 0. The number of rotatable bonds is 2. The number of oxime groups is 1. The Morgan fingerprint density at radius 1 is 1.38 bits per heavy atom. The first-order valence-corrected chi connectivity index (χ1v) is 4.69. The molecular weight excluding hydrogens is 243 g/mol. The van der Waals surface area contributed by atoms with Crippen molar-refractivity contribution >= 4 is 17.3 Å². The van der Waals surface area contributed by atoms with Crippen molar-refractivity contribution in [3.05, 3.63) is 34.3 Å². The lowest BCUT2D eigenvalue weighted by atomic mass is 10.1. The van der Waals surface area contributed by atoms with E-state index in [-0.39, 0.29) is 5.02 Å². The van der Waals surface area contributed by atoms with E-state index in [9.17, 15) is 13.2 Å². The topological polar surface area (TPSA) is 21.6 Å². The predicted octanol–water partition coefficient (Wildman–Crippen LogP) is 3.73. The van der Waals surface area contributed by atoms with Gasteiger partial charge >= 0.3 is 6.18 Å². The first-order valence-electron chi connectivity index (χ1n) is 4.31. The van der Waals surface area contributed by atoms with Crippen molar-refractivity contribution in [2.75, 3.05) is 7.11 Å². The van der Waals surface area contributed by atoms with Crippen LogP contribution in [0.15, 0.2) is 23.4 Å². The Morgan fingerprint density at radius 2 is 2.00 bits per heavy atom. The molecule has 0 saturated heterocycles. The van der Waals surface area contributed by atoms with Crippen LogP contribution in [-0.4, -0.2) is 12.8 Å². The second-order valence-electron chi connectivity index (χ2n) is 3.05. The maximum Gasteiger partial charge on any atom is 0.417 e. The van der Waals surface area contributed by atoms with Crippen LogP contribution in [-0.2, 0) is 11.0 Å². The zero-order chi connectivity index (χ0) is 12.3. The van der Waals surface area contributed by atoms with Gasteiger partial charge in [0.25, 0.3) is 0 Å². The fourth-order valence-corrected chi connectivity index (χ4v) is 1.38. The highest BCUT2D eigenvalue weighted by Crippen LogP contribution is 2.35. The highest BCUT2D eigenvalue weighted by Gasteiger charge is 2.33. The van der Waals surface area contributed by atoms with E-state index in [4.69, 9.17) is 11.6 Å². The van der Waals surface area contributed by atoms with Crippen molar-refractivity contribution in [2.45, 2.75) is 13.1 Å². The van der Waals surface area contributed by atoms with Gasteiger partial charge in [0.05, 0.1) is 16.3 Å². The molecule has 0 aliphatic carbocycles. The molecule has 1 rings (SSSR count). The quantitative estimate of drug-likeness (QED) is 0.580. The Labute approximate surface area is 95.7 Å². The zero-order valence-corrected chi connectivity index (χ0v) is 9.36. The molecule has 2 nitrogen and oxygen atoms in total. The monoisotopic (exact) mass is 251 g/mol. The molecule has 0 N–H and O–H groups in total. The summed E-state index contributed by atoms with van der Waals surface area (Å²) in [6.45, 7) is 1.55. The highest BCUT2D eigenvalue weighted by atomic mass is 35.5. The fourth-order valence-electron chi connectivity index (χ4n) is 1.16. The highest BCUT2D eigenvalue weighted by molar-refractivity contribution is 6.31. The van der Waals surface area contributed by atoms with Crippen molar-refractivity contribution < 1.29 is 18.0 Å². The van der Waals surface area contributed by atoms with Crippen LogP contribution >= 0.6 is 11.6 Å². The van der Waals surface area contributed by atoms with Gasteiger partial charge in [-0.25, -0.2) is 0 Å². The van der Waals surface area contributed by atoms with E-state index < -0.39 is 11.7 Å². The molecule has 0 heterocycles. The summed E-state index contributed by atoms with van der Waals surface area (Å²) in [5, 5.41) is 3.22. The molecule has 0 aliphatic heterocycles. The average molecular weight is 252 g/mol. The van der Waals surface area contributed by atoms with Gasteiger partial charge in [-0.1, -0.05) is 22.8 Å². The Balaban J connectivity index is 3.23. The first-order chi connectivity index (χ1) is 7.36. The van der Waals surface area contributed by atoms with E-state index >= 15 is 0 Å². The smallest absolute Gasteiger partial charge is 0.399 e.